The van der Waals surface area contributed by atoms with Gasteiger partial charge < -0.3 is 5.11 Å². The van der Waals surface area contributed by atoms with Gasteiger partial charge in [0.1, 0.15) is 5.82 Å². The van der Waals surface area contributed by atoms with Crippen molar-refractivity contribution in [2.75, 3.05) is 0 Å². The molecule has 1 aromatic rings. The van der Waals surface area contributed by atoms with Crippen molar-refractivity contribution in [3.8, 4) is 0 Å². The first-order chi connectivity index (χ1) is 8.30. The molecule has 1 fully saturated rings. The van der Waals surface area contributed by atoms with Crippen LogP contribution in [0.2, 0.25) is 5.02 Å². The Morgan fingerprint density at radius 3 is 2.39 bits per heavy atom. The molecule has 0 heterocycles. The molecule has 0 saturated heterocycles. The number of rotatable bonds is 2. The Hall–Kier alpha value is -0.600. The van der Waals surface area contributed by atoms with Gasteiger partial charge in [-0.2, -0.15) is 0 Å². The summed E-state index contributed by atoms with van der Waals surface area (Å²) in [6.45, 7) is 4.47. The highest BCUT2D eigenvalue weighted by Gasteiger charge is 2.36. The van der Waals surface area contributed by atoms with Crippen LogP contribution < -0.4 is 0 Å². The first-order valence-corrected chi connectivity index (χ1v) is 6.84. The zero-order chi connectivity index (χ0) is 13.4. The number of aliphatic hydroxyl groups is 1. The standard InChI is InChI=1S/C15H20ClFO/c1-14(2)5-7-15(18,8-6-14)10-11-3-4-12(17)9-13(11)16/h3-4,9,18H,5-8,10H2,1-2H3. The molecule has 3 heteroatoms. The summed E-state index contributed by atoms with van der Waals surface area (Å²) in [5.74, 6) is -0.333. The third-order valence-electron chi connectivity index (χ3n) is 4.07. The topological polar surface area (TPSA) is 20.2 Å². The second-order valence-electron chi connectivity index (χ2n) is 6.30. The van der Waals surface area contributed by atoms with Gasteiger partial charge in [0.15, 0.2) is 0 Å². The van der Waals surface area contributed by atoms with Crippen molar-refractivity contribution < 1.29 is 9.50 Å². The van der Waals surface area contributed by atoms with Crippen molar-refractivity contribution in [3.05, 3.63) is 34.6 Å². The maximum absolute atomic E-state index is 13.0. The smallest absolute Gasteiger partial charge is 0.124 e. The van der Waals surface area contributed by atoms with E-state index in [0.717, 1.165) is 31.2 Å². The van der Waals surface area contributed by atoms with E-state index in [-0.39, 0.29) is 5.82 Å². The first-order valence-electron chi connectivity index (χ1n) is 6.46. The van der Waals surface area contributed by atoms with Crippen LogP contribution in [-0.4, -0.2) is 10.7 Å². The minimum Gasteiger partial charge on any atom is -0.390 e. The number of hydrogen-bond acceptors (Lipinski definition) is 1. The largest absolute Gasteiger partial charge is 0.390 e. The van der Waals surface area contributed by atoms with Gasteiger partial charge in [-0.15, -0.1) is 0 Å². The molecule has 1 N–H and O–H groups in total. The van der Waals surface area contributed by atoms with E-state index in [4.69, 9.17) is 11.6 Å². The highest BCUT2D eigenvalue weighted by molar-refractivity contribution is 6.31. The van der Waals surface area contributed by atoms with Gasteiger partial charge in [-0.25, -0.2) is 4.39 Å². The fourth-order valence-electron chi connectivity index (χ4n) is 2.59. The summed E-state index contributed by atoms with van der Waals surface area (Å²) in [7, 11) is 0. The zero-order valence-electron chi connectivity index (χ0n) is 11.0. The summed E-state index contributed by atoms with van der Waals surface area (Å²) < 4.78 is 13.0. The Balaban J connectivity index is 2.09. The van der Waals surface area contributed by atoms with Gasteiger partial charge >= 0.3 is 0 Å². The summed E-state index contributed by atoms with van der Waals surface area (Å²) in [5, 5.41) is 11.0. The van der Waals surface area contributed by atoms with E-state index in [0.29, 0.717) is 16.9 Å². The molecule has 0 atom stereocenters. The van der Waals surface area contributed by atoms with Gasteiger partial charge in [0, 0.05) is 11.4 Å². The Kier molecular flexibility index (Phi) is 3.70. The summed E-state index contributed by atoms with van der Waals surface area (Å²) >= 11 is 6.02. The molecular weight excluding hydrogens is 251 g/mol. The van der Waals surface area contributed by atoms with Crippen LogP contribution >= 0.6 is 11.6 Å². The molecule has 0 unspecified atom stereocenters. The lowest BCUT2D eigenvalue weighted by Gasteiger charge is -2.40. The SMILES string of the molecule is CC1(C)CCC(O)(Cc2ccc(F)cc2Cl)CC1. The Morgan fingerprint density at radius 2 is 1.83 bits per heavy atom. The molecule has 0 bridgehead atoms. The maximum Gasteiger partial charge on any atom is 0.124 e. The normalized spacial score (nSPS) is 21.8. The van der Waals surface area contributed by atoms with Gasteiger partial charge in [-0.05, 0) is 48.8 Å². The van der Waals surface area contributed by atoms with Crippen LogP contribution in [0.15, 0.2) is 18.2 Å². The highest BCUT2D eigenvalue weighted by Crippen LogP contribution is 2.42. The number of hydrogen-bond donors (Lipinski definition) is 1. The lowest BCUT2D eigenvalue weighted by atomic mass is 9.69. The molecule has 1 saturated carbocycles. The zero-order valence-corrected chi connectivity index (χ0v) is 11.7. The fourth-order valence-corrected chi connectivity index (χ4v) is 2.82. The second kappa shape index (κ2) is 4.82. The molecule has 0 radical (unpaired) electrons. The fraction of sp³-hybridized carbons (Fsp3) is 0.600. The monoisotopic (exact) mass is 270 g/mol. The molecule has 18 heavy (non-hydrogen) atoms. The van der Waals surface area contributed by atoms with Gasteiger partial charge in [0.25, 0.3) is 0 Å². The van der Waals surface area contributed by atoms with Crippen molar-refractivity contribution in [1.29, 1.82) is 0 Å². The maximum atomic E-state index is 13.0. The van der Waals surface area contributed by atoms with E-state index in [1.165, 1.54) is 12.1 Å². The molecule has 1 nitrogen and oxygen atoms in total. The molecule has 1 aliphatic rings. The van der Waals surface area contributed by atoms with E-state index in [1.807, 2.05) is 0 Å². The molecule has 100 valence electrons. The second-order valence-corrected chi connectivity index (χ2v) is 6.71. The van der Waals surface area contributed by atoms with Crippen molar-refractivity contribution in [2.24, 2.45) is 5.41 Å². The summed E-state index contributed by atoms with van der Waals surface area (Å²) in [6.07, 6.45) is 4.12. The summed E-state index contributed by atoms with van der Waals surface area (Å²) in [4.78, 5) is 0. The molecule has 0 amide bonds. The van der Waals surface area contributed by atoms with E-state index in [2.05, 4.69) is 13.8 Å². The average Bonchev–Trinajstić information content (AvgIpc) is 2.28. The molecular formula is C15H20ClFO. The summed E-state index contributed by atoms with van der Waals surface area (Å²) in [6, 6.07) is 4.39. The van der Waals surface area contributed by atoms with E-state index in [9.17, 15) is 9.50 Å². The predicted molar refractivity (Wildman–Crippen MR) is 72.3 cm³/mol. The molecule has 0 aromatic heterocycles. The van der Waals surface area contributed by atoms with Crippen LogP contribution in [-0.2, 0) is 6.42 Å². The Labute approximate surface area is 113 Å². The van der Waals surface area contributed by atoms with Crippen molar-refractivity contribution in [2.45, 2.75) is 51.6 Å². The van der Waals surface area contributed by atoms with Crippen LogP contribution in [0.25, 0.3) is 0 Å². The van der Waals surface area contributed by atoms with Gasteiger partial charge in [-0.1, -0.05) is 31.5 Å². The predicted octanol–water partition coefficient (Wildman–Crippen LogP) is 4.35. The van der Waals surface area contributed by atoms with Crippen molar-refractivity contribution >= 4 is 11.6 Å². The quantitative estimate of drug-likeness (QED) is 0.847. The van der Waals surface area contributed by atoms with Crippen LogP contribution in [0.3, 0.4) is 0 Å². The van der Waals surface area contributed by atoms with Crippen LogP contribution in [0.5, 0.6) is 0 Å². The van der Waals surface area contributed by atoms with Crippen LogP contribution in [0.1, 0.15) is 45.1 Å². The first kappa shape index (κ1) is 13.8. The molecule has 1 aromatic carbocycles. The molecule has 0 spiro atoms. The molecule has 2 rings (SSSR count). The molecule has 0 aliphatic heterocycles. The Morgan fingerprint density at radius 1 is 1.22 bits per heavy atom. The van der Waals surface area contributed by atoms with Gasteiger partial charge in [0.05, 0.1) is 5.60 Å². The van der Waals surface area contributed by atoms with Crippen LogP contribution in [0.4, 0.5) is 4.39 Å². The number of benzene rings is 1. The highest BCUT2D eigenvalue weighted by atomic mass is 35.5. The van der Waals surface area contributed by atoms with Crippen molar-refractivity contribution in [1.82, 2.24) is 0 Å². The summed E-state index contributed by atoms with van der Waals surface area (Å²) in [5.41, 5.74) is 0.468. The Bertz CT molecular complexity index is 432. The van der Waals surface area contributed by atoms with E-state index >= 15 is 0 Å². The van der Waals surface area contributed by atoms with Crippen molar-refractivity contribution in [3.63, 3.8) is 0 Å². The van der Waals surface area contributed by atoms with Gasteiger partial charge in [0.2, 0.25) is 0 Å². The minimum absolute atomic E-state index is 0.318. The van der Waals surface area contributed by atoms with E-state index in [1.54, 1.807) is 6.07 Å². The average molecular weight is 271 g/mol. The van der Waals surface area contributed by atoms with Crippen LogP contribution in [0, 0.1) is 11.2 Å². The third kappa shape index (κ3) is 3.24. The third-order valence-corrected chi connectivity index (χ3v) is 4.42. The lowest BCUT2D eigenvalue weighted by molar-refractivity contribution is -0.0251. The molecule has 1 aliphatic carbocycles. The number of halogens is 2. The van der Waals surface area contributed by atoms with Gasteiger partial charge in [-0.3, -0.25) is 0 Å². The lowest BCUT2D eigenvalue weighted by Crippen LogP contribution is -2.38. The van der Waals surface area contributed by atoms with E-state index < -0.39 is 5.60 Å². The minimum atomic E-state index is -0.684.